The van der Waals surface area contributed by atoms with Gasteiger partial charge in [-0.3, -0.25) is 4.90 Å². The molecule has 0 aromatic heterocycles. The number of nitrogens with zero attached hydrogens (tertiary/aromatic N) is 1. The first-order valence-electron chi connectivity index (χ1n) is 5.61. The van der Waals surface area contributed by atoms with Gasteiger partial charge in [-0.25, -0.2) is 0 Å². The molecule has 0 spiro atoms. The zero-order valence-electron chi connectivity index (χ0n) is 9.16. The minimum absolute atomic E-state index is 0.331. The van der Waals surface area contributed by atoms with Gasteiger partial charge >= 0.3 is 0 Å². The number of likely N-dealkylation sites (tertiary alicyclic amines) is 1. The Balaban J connectivity index is 2.57. The Morgan fingerprint density at radius 3 is 2.46 bits per heavy atom. The Kier molecular flexibility index (Phi) is 4.20. The maximum atomic E-state index is 9.31. The van der Waals surface area contributed by atoms with Crippen molar-refractivity contribution in [2.75, 3.05) is 13.2 Å². The summed E-state index contributed by atoms with van der Waals surface area (Å²) < 4.78 is 0. The van der Waals surface area contributed by atoms with E-state index in [1.165, 1.54) is 25.8 Å². The van der Waals surface area contributed by atoms with Crippen LogP contribution in [0.5, 0.6) is 0 Å². The first-order chi connectivity index (χ1) is 6.24. The SMILES string of the molecule is CCC(CC)N1CCC(C)C1CO. The van der Waals surface area contributed by atoms with Crippen LogP contribution in [0.15, 0.2) is 0 Å². The summed E-state index contributed by atoms with van der Waals surface area (Å²) in [5.74, 6) is 0.672. The van der Waals surface area contributed by atoms with E-state index in [9.17, 15) is 5.11 Å². The summed E-state index contributed by atoms with van der Waals surface area (Å²) in [7, 11) is 0. The van der Waals surface area contributed by atoms with E-state index < -0.39 is 0 Å². The lowest BCUT2D eigenvalue weighted by Gasteiger charge is -2.32. The molecule has 78 valence electrons. The van der Waals surface area contributed by atoms with E-state index in [1.807, 2.05) is 0 Å². The molecule has 0 aliphatic carbocycles. The predicted molar refractivity (Wildman–Crippen MR) is 55.7 cm³/mol. The Labute approximate surface area is 81.9 Å². The van der Waals surface area contributed by atoms with E-state index in [4.69, 9.17) is 0 Å². The van der Waals surface area contributed by atoms with E-state index in [-0.39, 0.29) is 0 Å². The summed E-state index contributed by atoms with van der Waals surface area (Å²) in [5, 5.41) is 9.31. The highest BCUT2D eigenvalue weighted by Crippen LogP contribution is 2.27. The molecule has 1 N–H and O–H groups in total. The maximum Gasteiger partial charge on any atom is 0.0589 e. The van der Waals surface area contributed by atoms with Crippen molar-refractivity contribution < 1.29 is 5.11 Å². The van der Waals surface area contributed by atoms with Gasteiger partial charge < -0.3 is 5.11 Å². The van der Waals surface area contributed by atoms with Crippen molar-refractivity contribution in [2.45, 2.75) is 52.1 Å². The van der Waals surface area contributed by atoms with Crippen LogP contribution in [0.3, 0.4) is 0 Å². The van der Waals surface area contributed by atoms with Crippen molar-refractivity contribution in [1.82, 2.24) is 4.90 Å². The summed E-state index contributed by atoms with van der Waals surface area (Å²) in [6.07, 6.45) is 3.67. The van der Waals surface area contributed by atoms with Crippen LogP contribution in [-0.4, -0.2) is 35.2 Å². The predicted octanol–water partition coefficient (Wildman–Crippen LogP) is 1.88. The van der Waals surface area contributed by atoms with Crippen LogP contribution >= 0.6 is 0 Å². The maximum absolute atomic E-state index is 9.31. The van der Waals surface area contributed by atoms with Crippen LogP contribution in [0.2, 0.25) is 0 Å². The fourth-order valence-electron chi connectivity index (χ4n) is 2.53. The quantitative estimate of drug-likeness (QED) is 0.723. The van der Waals surface area contributed by atoms with Gasteiger partial charge in [0.15, 0.2) is 0 Å². The van der Waals surface area contributed by atoms with E-state index in [0.717, 1.165) is 0 Å². The molecule has 1 aliphatic heterocycles. The molecular weight excluding hydrogens is 162 g/mol. The third-order valence-corrected chi connectivity index (χ3v) is 3.52. The Morgan fingerprint density at radius 1 is 1.38 bits per heavy atom. The minimum Gasteiger partial charge on any atom is -0.395 e. The summed E-state index contributed by atoms with van der Waals surface area (Å²) >= 11 is 0. The van der Waals surface area contributed by atoms with E-state index in [2.05, 4.69) is 25.7 Å². The number of aliphatic hydroxyl groups is 1. The fourth-order valence-corrected chi connectivity index (χ4v) is 2.53. The molecule has 1 saturated heterocycles. The molecule has 1 rings (SSSR count). The molecule has 0 bridgehead atoms. The van der Waals surface area contributed by atoms with Crippen LogP contribution in [0.4, 0.5) is 0 Å². The Morgan fingerprint density at radius 2 is 2.00 bits per heavy atom. The van der Waals surface area contributed by atoms with Gasteiger partial charge in [0.1, 0.15) is 0 Å². The van der Waals surface area contributed by atoms with Gasteiger partial charge in [0.25, 0.3) is 0 Å². The van der Waals surface area contributed by atoms with Gasteiger partial charge in [-0.1, -0.05) is 20.8 Å². The number of hydrogen-bond acceptors (Lipinski definition) is 2. The van der Waals surface area contributed by atoms with Gasteiger partial charge in [0, 0.05) is 12.1 Å². The molecule has 2 heteroatoms. The lowest BCUT2D eigenvalue weighted by atomic mass is 10.0. The number of aliphatic hydroxyl groups excluding tert-OH is 1. The smallest absolute Gasteiger partial charge is 0.0589 e. The molecule has 0 radical (unpaired) electrons. The lowest BCUT2D eigenvalue weighted by Crippen LogP contribution is -2.42. The molecule has 1 aliphatic rings. The molecule has 2 nitrogen and oxygen atoms in total. The van der Waals surface area contributed by atoms with Gasteiger partial charge in [0.05, 0.1) is 6.61 Å². The first-order valence-corrected chi connectivity index (χ1v) is 5.61. The van der Waals surface area contributed by atoms with Crippen LogP contribution in [0, 0.1) is 5.92 Å². The van der Waals surface area contributed by atoms with Gasteiger partial charge in [-0.05, 0) is 31.7 Å². The first kappa shape index (κ1) is 11.0. The molecular formula is C11H23NO. The molecule has 0 saturated carbocycles. The van der Waals surface area contributed by atoms with E-state index in [0.29, 0.717) is 24.6 Å². The molecule has 0 aromatic carbocycles. The van der Waals surface area contributed by atoms with Crippen LogP contribution < -0.4 is 0 Å². The summed E-state index contributed by atoms with van der Waals surface area (Å²) in [5.41, 5.74) is 0. The topological polar surface area (TPSA) is 23.5 Å². The number of hydrogen-bond donors (Lipinski definition) is 1. The van der Waals surface area contributed by atoms with Crippen molar-refractivity contribution in [3.63, 3.8) is 0 Å². The molecule has 2 atom stereocenters. The monoisotopic (exact) mass is 185 g/mol. The van der Waals surface area contributed by atoms with Crippen LogP contribution in [0.25, 0.3) is 0 Å². The highest BCUT2D eigenvalue weighted by Gasteiger charge is 2.33. The molecule has 13 heavy (non-hydrogen) atoms. The second kappa shape index (κ2) is 4.97. The Hall–Kier alpha value is -0.0800. The van der Waals surface area contributed by atoms with Crippen molar-refractivity contribution in [2.24, 2.45) is 5.92 Å². The average molecular weight is 185 g/mol. The van der Waals surface area contributed by atoms with Crippen LogP contribution in [-0.2, 0) is 0 Å². The summed E-state index contributed by atoms with van der Waals surface area (Å²) in [4.78, 5) is 2.50. The normalized spacial score (nSPS) is 30.2. The van der Waals surface area contributed by atoms with Crippen LogP contribution in [0.1, 0.15) is 40.0 Å². The van der Waals surface area contributed by atoms with Gasteiger partial charge in [0.2, 0.25) is 0 Å². The highest BCUT2D eigenvalue weighted by atomic mass is 16.3. The molecule has 1 heterocycles. The molecule has 2 unspecified atom stereocenters. The fraction of sp³-hybridized carbons (Fsp3) is 1.00. The van der Waals surface area contributed by atoms with Crippen molar-refractivity contribution >= 4 is 0 Å². The molecule has 1 fully saturated rings. The van der Waals surface area contributed by atoms with Gasteiger partial charge in [-0.15, -0.1) is 0 Å². The summed E-state index contributed by atoms with van der Waals surface area (Å²) in [6.45, 7) is 8.25. The van der Waals surface area contributed by atoms with Gasteiger partial charge in [-0.2, -0.15) is 0 Å². The third-order valence-electron chi connectivity index (χ3n) is 3.52. The molecule has 0 amide bonds. The highest BCUT2D eigenvalue weighted by molar-refractivity contribution is 4.87. The Bertz CT molecular complexity index is 145. The zero-order chi connectivity index (χ0) is 9.84. The third kappa shape index (κ3) is 2.23. The minimum atomic E-state index is 0.331. The van der Waals surface area contributed by atoms with Crippen molar-refractivity contribution in [3.05, 3.63) is 0 Å². The zero-order valence-corrected chi connectivity index (χ0v) is 9.16. The average Bonchev–Trinajstić information content (AvgIpc) is 2.50. The second-order valence-electron chi connectivity index (χ2n) is 4.22. The summed E-state index contributed by atoms with van der Waals surface area (Å²) in [6, 6.07) is 1.10. The standard InChI is InChI=1S/C11H23NO/c1-4-10(5-2)12-7-6-9(3)11(12)8-13/h9-11,13H,4-8H2,1-3H3. The molecule has 0 aromatic rings. The van der Waals surface area contributed by atoms with Crippen molar-refractivity contribution in [3.8, 4) is 0 Å². The number of rotatable bonds is 4. The van der Waals surface area contributed by atoms with E-state index >= 15 is 0 Å². The lowest BCUT2D eigenvalue weighted by molar-refractivity contribution is 0.0983. The largest absolute Gasteiger partial charge is 0.395 e. The van der Waals surface area contributed by atoms with E-state index in [1.54, 1.807) is 0 Å². The van der Waals surface area contributed by atoms with Crippen molar-refractivity contribution in [1.29, 1.82) is 0 Å². The second-order valence-corrected chi connectivity index (χ2v) is 4.22.